The molecule has 1 saturated heterocycles. The summed E-state index contributed by atoms with van der Waals surface area (Å²) in [4.78, 5) is 15.4. The second kappa shape index (κ2) is 9.50. The number of hydrogen-bond donors (Lipinski definition) is 1. The van der Waals surface area contributed by atoms with Crippen LogP contribution in [0.1, 0.15) is 36.4 Å². The Bertz CT molecular complexity index is 970. The molecule has 1 N–H and O–H groups in total. The van der Waals surface area contributed by atoms with E-state index in [0.29, 0.717) is 6.42 Å². The standard InChI is InChI=1S/C26H27NO2S/c1-30-23-16-14-22(15-17-23)25(27-18-6-5-9-24(27)26(28)29)21-12-10-20(11-13-21)19-7-3-2-4-8-19/h2-4,7-8,10-17,24-25H,5-6,9,18H2,1H3,(H,28,29). The average molecular weight is 418 g/mol. The summed E-state index contributed by atoms with van der Waals surface area (Å²) in [6.45, 7) is 0.798. The lowest BCUT2D eigenvalue weighted by atomic mass is 9.91. The number of rotatable bonds is 6. The molecular formula is C26H27NO2S. The van der Waals surface area contributed by atoms with Gasteiger partial charge in [0.05, 0.1) is 6.04 Å². The molecular weight excluding hydrogens is 390 g/mol. The molecule has 0 spiro atoms. The van der Waals surface area contributed by atoms with E-state index in [1.807, 2.05) is 18.2 Å². The SMILES string of the molecule is CSc1ccc(C(c2ccc(-c3ccccc3)cc2)N2CCCCC2C(=O)O)cc1. The third-order valence-electron chi connectivity index (χ3n) is 5.93. The van der Waals surface area contributed by atoms with Crippen LogP contribution in [0.3, 0.4) is 0 Å². The summed E-state index contributed by atoms with van der Waals surface area (Å²) >= 11 is 1.72. The third kappa shape index (κ3) is 4.45. The van der Waals surface area contributed by atoms with Crippen LogP contribution in [0.15, 0.2) is 83.8 Å². The molecule has 3 aromatic carbocycles. The minimum Gasteiger partial charge on any atom is -0.480 e. The molecule has 0 aliphatic carbocycles. The summed E-state index contributed by atoms with van der Waals surface area (Å²) in [5.74, 6) is -0.721. The molecule has 2 unspecified atom stereocenters. The predicted molar refractivity (Wildman–Crippen MR) is 124 cm³/mol. The Morgan fingerprint density at radius 2 is 1.50 bits per heavy atom. The first kappa shape index (κ1) is 20.7. The van der Waals surface area contributed by atoms with Crippen LogP contribution in [0.2, 0.25) is 0 Å². The highest BCUT2D eigenvalue weighted by molar-refractivity contribution is 7.98. The zero-order valence-electron chi connectivity index (χ0n) is 17.2. The van der Waals surface area contributed by atoms with Crippen molar-refractivity contribution >= 4 is 17.7 Å². The maximum Gasteiger partial charge on any atom is 0.320 e. The van der Waals surface area contributed by atoms with E-state index in [1.165, 1.54) is 16.0 Å². The molecule has 3 nitrogen and oxygen atoms in total. The van der Waals surface area contributed by atoms with Gasteiger partial charge in [-0.25, -0.2) is 0 Å². The number of benzene rings is 3. The fourth-order valence-electron chi connectivity index (χ4n) is 4.38. The van der Waals surface area contributed by atoms with Crippen molar-refractivity contribution in [1.82, 2.24) is 4.90 Å². The largest absolute Gasteiger partial charge is 0.480 e. The van der Waals surface area contributed by atoms with Gasteiger partial charge in [0.2, 0.25) is 0 Å². The van der Waals surface area contributed by atoms with E-state index in [1.54, 1.807) is 11.8 Å². The number of carbonyl (C=O) groups is 1. The van der Waals surface area contributed by atoms with E-state index in [-0.39, 0.29) is 6.04 Å². The van der Waals surface area contributed by atoms with Crippen LogP contribution in [-0.2, 0) is 4.79 Å². The van der Waals surface area contributed by atoms with Crippen LogP contribution in [0.4, 0.5) is 0 Å². The highest BCUT2D eigenvalue weighted by Gasteiger charge is 2.35. The summed E-state index contributed by atoms with van der Waals surface area (Å²) in [5.41, 5.74) is 4.64. The minimum atomic E-state index is -0.721. The topological polar surface area (TPSA) is 40.5 Å². The molecule has 154 valence electrons. The molecule has 1 heterocycles. The number of nitrogens with zero attached hydrogens (tertiary/aromatic N) is 1. The molecule has 2 atom stereocenters. The van der Waals surface area contributed by atoms with Gasteiger partial charge in [-0.3, -0.25) is 9.69 Å². The molecule has 0 radical (unpaired) electrons. The molecule has 0 saturated carbocycles. The third-order valence-corrected chi connectivity index (χ3v) is 6.67. The van der Waals surface area contributed by atoms with Crippen LogP contribution in [-0.4, -0.2) is 34.8 Å². The van der Waals surface area contributed by atoms with Gasteiger partial charge in [0, 0.05) is 4.90 Å². The van der Waals surface area contributed by atoms with Gasteiger partial charge in [-0.1, -0.05) is 73.2 Å². The smallest absolute Gasteiger partial charge is 0.320 e. The van der Waals surface area contributed by atoms with Crippen LogP contribution in [0, 0.1) is 0 Å². The van der Waals surface area contributed by atoms with E-state index in [0.717, 1.165) is 30.5 Å². The van der Waals surface area contributed by atoms with Crippen molar-refractivity contribution in [2.45, 2.75) is 36.2 Å². The van der Waals surface area contributed by atoms with E-state index < -0.39 is 12.0 Å². The summed E-state index contributed by atoms with van der Waals surface area (Å²) in [6, 6.07) is 27.0. The number of piperidine rings is 1. The molecule has 0 amide bonds. The zero-order valence-corrected chi connectivity index (χ0v) is 18.0. The number of carboxylic acids is 1. The zero-order chi connectivity index (χ0) is 20.9. The number of likely N-dealkylation sites (tertiary alicyclic amines) is 1. The van der Waals surface area contributed by atoms with E-state index >= 15 is 0 Å². The molecule has 30 heavy (non-hydrogen) atoms. The van der Waals surface area contributed by atoms with Crippen molar-refractivity contribution in [2.24, 2.45) is 0 Å². The van der Waals surface area contributed by atoms with Gasteiger partial charge >= 0.3 is 5.97 Å². The second-order valence-electron chi connectivity index (χ2n) is 7.75. The normalized spacial score (nSPS) is 18.1. The minimum absolute atomic E-state index is 0.0628. The molecule has 0 aromatic heterocycles. The lowest BCUT2D eigenvalue weighted by Crippen LogP contribution is -2.46. The Balaban J connectivity index is 1.73. The van der Waals surface area contributed by atoms with Crippen molar-refractivity contribution in [3.8, 4) is 11.1 Å². The molecule has 1 aliphatic heterocycles. The van der Waals surface area contributed by atoms with Crippen molar-refractivity contribution in [3.63, 3.8) is 0 Å². The van der Waals surface area contributed by atoms with Gasteiger partial charge in [0.25, 0.3) is 0 Å². The monoisotopic (exact) mass is 417 g/mol. The van der Waals surface area contributed by atoms with E-state index in [9.17, 15) is 9.90 Å². The van der Waals surface area contributed by atoms with Crippen molar-refractivity contribution in [3.05, 3.63) is 90.0 Å². The van der Waals surface area contributed by atoms with Gasteiger partial charge < -0.3 is 5.11 Å². The number of carboxylic acid groups (broad SMARTS) is 1. The second-order valence-corrected chi connectivity index (χ2v) is 8.63. The maximum absolute atomic E-state index is 12.0. The van der Waals surface area contributed by atoms with Crippen molar-refractivity contribution in [2.75, 3.05) is 12.8 Å². The molecule has 1 aliphatic rings. The first-order valence-corrected chi connectivity index (χ1v) is 11.7. The summed E-state index contributed by atoms with van der Waals surface area (Å²) in [6.07, 6.45) is 4.78. The Hall–Kier alpha value is -2.56. The first-order valence-electron chi connectivity index (χ1n) is 10.5. The summed E-state index contributed by atoms with van der Waals surface area (Å²) < 4.78 is 0. The van der Waals surface area contributed by atoms with Gasteiger partial charge in [0.15, 0.2) is 0 Å². The molecule has 4 rings (SSSR count). The quantitative estimate of drug-likeness (QED) is 0.492. The highest BCUT2D eigenvalue weighted by Crippen LogP contribution is 2.35. The van der Waals surface area contributed by atoms with Crippen molar-refractivity contribution < 1.29 is 9.90 Å². The highest BCUT2D eigenvalue weighted by atomic mass is 32.2. The van der Waals surface area contributed by atoms with Crippen LogP contribution in [0.25, 0.3) is 11.1 Å². The van der Waals surface area contributed by atoms with Crippen LogP contribution >= 0.6 is 11.8 Å². The fraction of sp³-hybridized carbons (Fsp3) is 0.269. The Kier molecular flexibility index (Phi) is 6.56. The molecule has 1 fully saturated rings. The van der Waals surface area contributed by atoms with E-state index in [4.69, 9.17) is 0 Å². The Labute approximate surface area is 182 Å². The molecule has 0 bridgehead atoms. The van der Waals surface area contributed by atoms with Gasteiger partial charge in [-0.2, -0.15) is 0 Å². The maximum atomic E-state index is 12.0. The van der Waals surface area contributed by atoms with Gasteiger partial charge in [-0.15, -0.1) is 11.8 Å². The Morgan fingerprint density at radius 1 is 0.900 bits per heavy atom. The van der Waals surface area contributed by atoms with Crippen LogP contribution < -0.4 is 0 Å². The average Bonchev–Trinajstić information content (AvgIpc) is 2.81. The lowest BCUT2D eigenvalue weighted by molar-refractivity contribution is -0.145. The summed E-state index contributed by atoms with van der Waals surface area (Å²) in [7, 11) is 0. The van der Waals surface area contributed by atoms with Gasteiger partial charge in [0.1, 0.15) is 6.04 Å². The van der Waals surface area contributed by atoms with Gasteiger partial charge in [-0.05, 0) is 60.0 Å². The molecule has 4 heteroatoms. The van der Waals surface area contributed by atoms with Crippen molar-refractivity contribution in [1.29, 1.82) is 0 Å². The number of aliphatic carboxylic acids is 1. The molecule has 3 aromatic rings. The predicted octanol–water partition coefficient (Wildman–Crippen LogP) is 6.10. The fourth-order valence-corrected chi connectivity index (χ4v) is 4.79. The number of thioether (sulfide) groups is 1. The lowest BCUT2D eigenvalue weighted by Gasteiger charge is -2.39. The van der Waals surface area contributed by atoms with E-state index in [2.05, 4.69) is 71.8 Å². The Morgan fingerprint density at radius 3 is 2.10 bits per heavy atom. The first-order chi connectivity index (χ1) is 14.7. The summed E-state index contributed by atoms with van der Waals surface area (Å²) in [5, 5.41) is 9.88. The number of hydrogen-bond acceptors (Lipinski definition) is 3. The van der Waals surface area contributed by atoms with Crippen LogP contribution in [0.5, 0.6) is 0 Å².